The van der Waals surface area contributed by atoms with Gasteiger partial charge in [0, 0.05) is 11.3 Å². The van der Waals surface area contributed by atoms with E-state index in [1.807, 2.05) is 0 Å². The van der Waals surface area contributed by atoms with E-state index in [0.717, 1.165) is 0 Å². The molecule has 2 N–H and O–H groups in total. The van der Waals surface area contributed by atoms with Gasteiger partial charge >= 0.3 is 11.9 Å². The van der Waals surface area contributed by atoms with Gasteiger partial charge in [0.15, 0.2) is 6.61 Å². The number of aromatic amines is 1. The van der Waals surface area contributed by atoms with Gasteiger partial charge in [0.1, 0.15) is 11.5 Å². The van der Waals surface area contributed by atoms with Crippen molar-refractivity contribution in [1.29, 1.82) is 0 Å². The zero-order chi connectivity index (χ0) is 24.9. The number of sulfonamides is 1. The van der Waals surface area contributed by atoms with Gasteiger partial charge in [-0.1, -0.05) is 0 Å². The molecule has 0 bridgehead atoms. The maximum atomic E-state index is 12.6. The summed E-state index contributed by atoms with van der Waals surface area (Å²) in [5, 5.41) is 0. The number of Topliss-reactive ketones (excluding diaryl/α,β-unsaturated/α-hetero) is 1. The van der Waals surface area contributed by atoms with Crippen LogP contribution in [0.25, 0.3) is 0 Å². The average molecular weight is 489 g/mol. The Morgan fingerprint density at radius 1 is 1.03 bits per heavy atom. The maximum Gasteiger partial charge on any atom is 0.355 e. The van der Waals surface area contributed by atoms with Crippen LogP contribution in [-0.4, -0.2) is 44.3 Å². The van der Waals surface area contributed by atoms with Crippen molar-refractivity contribution in [2.45, 2.75) is 32.2 Å². The van der Waals surface area contributed by atoms with Gasteiger partial charge in [-0.05, 0) is 62.7 Å². The second-order valence-electron chi connectivity index (χ2n) is 7.27. The highest BCUT2D eigenvalue weighted by atomic mass is 32.2. The van der Waals surface area contributed by atoms with E-state index in [0.29, 0.717) is 17.0 Å². The van der Waals surface area contributed by atoms with Crippen LogP contribution in [0, 0.1) is 13.8 Å². The van der Waals surface area contributed by atoms with E-state index in [9.17, 15) is 22.8 Å². The fourth-order valence-electron chi connectivity index (χ4n) is 3.30. The van der Waals surface area contributed by atoms with Crippen LogP contribution in [0.5, 0.6) is 0 Å². The Kier molecular flexibility index (Phi) is 7.69. The maximum absolute atomic E-state index is 12.6. The summed E-state index contributed by atoms with van der Waals surface area (Å²) in [4.78, 5) is 39.8. The first-order valence-corrected chi connectivity index (χ1v) is 11.8. The number of rotatable bonds is 10. The van der Waals surface area contributed by atoms with E-state index in [-0.39, 0.29) is 34.9 Å². The second kappa shape index (κ2) is 10.5. The van der Waals surface area contributed by atoms with E-state index in [2.05, 4.69) is 9.71 Å². The number of esters is 2. The highest BCUT2D eigenvalue weighted by Gasteiger charge is 2.24. The van der Waals surface area contributed by atoms with Crippen LogP contribution in [0.3, 0.4) is 0 Å². The molecule has 0 saturated carbocycles. The SMILES string of the molecule is CCOC(=O)c1[nH]c(C)c(C(=O)COC(=O)c2ccc(S(=O)(=O)NCc3ccco3)cc2)c1C. The standard InChI is InChI=1S/C23H24N2O8S/c1-4-31-23(28)21-14(2)20(15(3)25-21)19(26)13-33-22(27)16-7-9-18(10-8-16)34(29,30)24-12-17-6-5-11-32-17/h5-11,24-25H,4,12-13H2,1-3H3. The lowest BCUT2D eigenvalue weighted by Gasteiger charge is -2.08. The number of benzene rings is 1. The number of ketones is 1. The summed E-state index contributed by atoms with van der Waals surface area (Å²) in [7, 11) is -3.82. The van der Waals surface area contributed by atoms with Crippen LogP contribution < -0.4 is 4.72 Å². The summed E-state index contributed by atoms with van der Waals surface area (Å²) in [6.45, 7) is 4.53. The lowest BCUT2D eigenvalue weighted by Crippen LogP contribution is -2.23. The second-order valence-corrected chi connectivity index (χ2v) is 9.04. The summed E-state index contributed by atoms with van der Waals surface area (Å²) in [5.74, 6) is -1.41. The first-order valence-electron chi connectivity index (χ1n) is 10.3. The molecule has 0 amide bonds. The molecule has 2 heterocycles. The van der Waals surface area contributed by atoms with Crippen LogP contribution in [0.2, 0.25) is 0 Å². The molecule has 0 spiro atoms. The van der Waals surface area contributed by atoms with E-state index >= 15 is 0 Å². The van der Waals surface area contributed by atoms with Gasteiger partial charge in [-0.3, -0.25) is 4.79 Å². The number of H-pyrrole nitrogens is 1. The molecule has 0 unspecified atom stereocenters. The Labute approximate surface area is 196 Å². The number of nitrogens with one attached hydrogen (secondary N) is 2. The molecule has 0 aliphatic rings. The molecular weight excluding hydrogens is 464 g/mol. The minimum atomic E-state index is -3.82. The molecule has 1 aromatic carbocycles. The van der Waals surface area contributed by atoms with Crippen molar-refractivity contribution in [3.05, 3.63) is 76.5 Å². The summed E-state index contributed by atoms with van der Waals surface area (Å²) in [5.41, 5.74) is 1.37. The minimum absolute atomic E-state index is 0.0168. The summed E-state index contributed by atoms with van der Waals surface area (Å²) in [6, 6.07) is 8.38. The van der Waals surface area contributed by atoms with Crippen molar-refractivity contribution in [1.82, 2.24) is 9.71 Å². The lowest BCUT2D eigenvalue weighted by molar-refractivity contribution is 0.0473. The lowest BCUT2D eigenvalue weighted by atomic mass is 10.1. The average Bonchev–Trinajstić information content (AvgIpc) is 3.43. The number of hydrogen-bond acceptors (Lipinski definition) is 8. The van der Waals surface area contributed by atoms with Crippen LogP contribution in [0.15, 0.2) is 52.0 Å². The fourth-order valence-corrected chi connectivity index (χ4v) is 4.29. The van der Waals surface area contributed by atoms with Crippen molar-refractivity contribution >= 4 is 27.7 Å². The molecular formula is C23H24N2O8S. The van der Waals surface area contributed by atoms with Gasteiger partial charge < -0.3 is 18.9 Å². The number of aryl methyl sites for hydroxylation is 1. The van der Waals surface area contributed by atoms with E-state index in [4.69, 9.17) is 13.9 Å². The Hall–Kier alpha value is -3.70. The quantitative estimate of drug-likeness (QED) is 0.327. The number of furan rings is 1. The third kappa shape index (κ3) is 5.61. The fraction of sp³-hybridized carbons (Fsp3) is 0.261. The van der Waals surface area contributed by atoms with Gasteiger partial charge in [-0.2, -0.15) is 0 Å². The van der Waals surface area contributed by atoms with Crippen LogP contribution in [0.1, 0.15) is 55.1 Å². The molecule has 0 fully saturated rings. The highest BCUT2D eigenvalue weighted by Crippen LogP contribution is 2.20. The van der Waals surface area contributed by atoms with Gasteiger partial charge in [0.2, 0.25) is 15.8 Å². The van der Waals surface area contributed by atoms with Gasteiger partial charge in [-0.25, -0.2) is 22.7 Å². The molecule has 34 heavy (non-hydrogen) atoms. The Bertz CT molecular complexity index is 1290. The molecule has 0 aliphatic heterocycles. The molecule has 2 aromatic heterocycles. The van der Waals surface area contributed by atoms with E-state index in [1.54, 1.807) is 32.9 Å². The zero-order valence-electron chi connectivity index (χ0n) is 18.8. The molecule has 0 atom stereocenters. The normalized spacial score (nSPS) is 11.3. The van der Waals surface area contributed by atoms with Crippen LogP contribution in [0.4, 0.5) is 0 Å². The van der Waals surface area contributed by atoms with Crippen LogP contribution >= 0.6 is 0 Å². The van der Waals surface area contributed by atoms with Crippen molar-refractivity contribution in [3.63, 3.8) is 0 Å². The first-order chi connectivity index (χ1) is 16.1. The van der Waals surface area contributed by atoms with Gasteiger partial charge in [0.05, 0.1) is 29.9 Å². The minimum Gasteiger partial charge on any atom is -0.468 e. The van der Waals surface area contributed by atoms with Crippen molar-refractivity contribution in [2.75, 3.05) is 13.2 Å². The predicted molar refractivity (Wildman–Crippen MR) is 120 cm³/mol. The smallest absolute Gasteiger partial charge is 0.355 e. The first kappa shape index (κ1) is 24.9. The van der Waals surface area contributed by atoms with Crippen molar-refractivity contribution < 1.29 is 36.7 Å². The Morgan fingerprint density at radius 2 is 1.74 bits per heavy atom. The van der Waals surface area contributed by atoms with E-state index in [1.165, 1.54) is 30.5 Å². The largest absolute Gasteiger partial charge is 0.468 e. The van der Waals surface area contributed by atoms with E-state index < -0.39 is 34.4 Å². The molecule has 3 rings (SSSR count). The number of ether oxygens (including phenoxy) is 2. The number of hydrogen-bond donors (Lipinski definition) is 2. The molecule has 11 heteroatoms. The van der Waals surface area contributed by atoms with Crippen LogP contribution in [-0.2, 0) is 26.0 Å². The highest BCUT2D eigenvalue weighted by molar-refractivity contribution is 7.89. The number of carbonyl (C=O) groups excluding carboxylic acids is 3. The van der Waals surface area contributed by atoms with Crippen molar-refractivity contribution in [2.24, 2.45) is 0 Å². The topological polar surface area (TPSA) is 145 Å². The summed E-state index contributed by atoms with van der Waals surface area (Å²) >= 11 is 0. The summed E-state index contributed by atoms with van der Waals surface area (Å²) < 4.78 is 42.3. The molecule has 180 valence electrons. The Balaban J connectivity index is 1.62. The number of carbonyl (C=O) groups is 3. The number of aromatic nitrogens is 1. The molecule has 3 aromatic rings. The molecule has 0 radical (unpaired) electrons. The third-order valence-electron chi connectivity index (χ3n) is 4.95. The van der Waals surface area contributed by atoms with Gasteiger partial charge in [-0.15, -0.1) is 0 Å². The van der Waals surface area contributed by atoms with Gasteiger partial charge in [0.25, 0.3) is 0 Å². The molecule has 10 nitrogen and oxygen atoms in total. The monoisotopic (exact) mass is 488 g/mol. The Morgan fingerprint density at radius 3 is 2.35 bits per heavy atom. The summed E-state index contributed by atoms with van der Waals surface area (Å²) in [6.07, 6.45) is 1.44. The molecule has 0 aliphatic carbocycles. The zero-order valence-corrected chi connectivity index (χ0v) is 19.7. The molecule has 0 saturated heterocycles. The van der Waals surface area contributed by atoms with Crippen molar-refractivity contribution in [3.8, 4) is 0 Å². The third-order valence-corrected chi connectivity index (χ3v) is 6.36. The predicted octanol–water partition coefficient (Wildman–Crippen LogP) is 2.92.